The third kappa shape index (κ3) is 5.30. The lowest BCUT2D eigenvalue weighted by molar-refractivity contribution is -0.135. The topological polar surface area (TPSA) is 96.3 Å². The number of aryl methyl sites for hydroxylation is 2. The van der Waals surface area contributed by atoms with E-state index in [2.05, 4.69) is 15.6 Å². The summed E-state index contributed by atoms with van der Waals surface area (Å²) in [5, 5.41) is 5.62. The molecule has 0 aromatic carbocycles. The van der Waals surface area contributed by atoms with Gasteiger partial charge in [0.25, 0.3) is 0 Å². The fourth-order valence-corrected chi connectivity index (χ4v) is 3.90. The van der Waals surface area contributed by atoms with Crippen molar-refractivity contribution >= 4 is 17.7 Å². The number of piperidine rings is 1. The van der Waals surface area contributed by atoms with E-state index in [9.17, 15) is 18.8 Å². The molecule has 3 heterocycles. The molecular weight excluding hydrogens is 365 g/mol. The Labute approximate surface area is 163 Å². The van der Waals surface area contributed by atoms with Crippen LogP contribution in [0.3, 0.4) is 0 Å². The lowest BCUT2D eigenvalue weighted by Crippen LogP contribution is -2.54. The Kier molecular flexibility index (Phi) is 6.64. The van der Waals surface area contributed by atoms with Gasteiger partial charge in [-0.2, -0.15) is 0 Å². The van der Waals surface area contributed by atoms with E-state index in [0.717, 1.165) is 12.2 Å². The summed E-state index contributed by atoms with van der Waals surface area (Å²) < 4.78 is 16.1. The molecule has 9 heteroatoms. The number of hydrogen-bond donors (Lipinski definition) is 2. The molecule has 2 aliphatic rings. The summed E-state index contributed by atoms with van der Waals surface area (Å²) in [6.07, 6.45) is 4.90. The summed E-state index contributed by atoms with van der Waals surface area (Å²) in [5.74, 6) is 0.532. The van der Waals surface area contributed by atoms with Gasteiger partial charge < -0.3 is 20.1 Å². The first-order chi connectivity index (χ1) is 13.4. The molecular formula is C19H28FN5O3. The number of rotatable bonds is 7. The average molecular weight is 393 g/mol. The molecule has 0 bridgehead atoms. The first-order valence-corrected chi connectivity index (χ1v) is 9.95. The second-order valence-corrected chi connectivity index (χ2v) is 7.54. The molecule has 0 aliphatic carbocycles. The van der Waals surface area contributed by atoms with Gasteiger partial charge in [0, 0.05) is 69.7 Å². The number of nitrogens with zero attached hydrogens (tertiary/aromatic N) is 3. The normalized spacial score (nSPS) is 24.9. The monoisotopic (exact) mass is 393 g/mol. The first kappa shape index (κ1) is 20.3. The van der Waals surface area contributed by atoms with Gasteiger partial charge in [-0.25, -0.2) is 9.37 Å². The zero-order valence-corrected chi connectivity index (χ0v) is 16.2. The number of hydrogen-bond acceptors (Lipinski definition) is 4. The van der Waals surface area contributed by atoms with Crippen molar-refractivity contribution in [1.29, 1.82) is 0 Å². The van der Waals surface area contributed by atoms with E-state index in [0.29, 0.717) is 25.9 Å². The molecule has 0 spiro atoms. The van der Waals surface area contributed by atoms with Gasteiger partial charge in [-0.3, -0.25) is 14.4 Å². The Balaban J connectivity index is 1.47. The highest BCUT2D eigenvalue weighted by Gasteiger charge is 2.32. The van der Waals surface area contributed by atoms with Gasteiger partial charge in [-0.05, 0) is 6.42 Å². The lowest BCUT2D eigenvalue weighted by Gasteiger charge is -2.35. The van der Waals surface area contributed by atoms with Crippen LogP contribution in [0.4, 0.5) is 4.39 Å². The van der Waals surface area contributed by atoms with Crippen molar-refractivity contribution in [1.82, 2.24) is 25.1 Å². The van der Waals surface area contributed by atoms with Crippen LogP contribution < -0.4 is 10.6 Å². The molecule has 1 aromatic rings. The second-order valence-electron chi connectivity index (χ2n) is 7.54. The Morgan fingerprint density at radius 2 is 2.21 bits per heavy atom. The Bertz CT molecular complexity index is 722. The van der Waals surface area contributed by atoms with E-state index in [4.69, 9.17) is 0 Å². The van der Waals surface area contributed by atoms with Crippen LogP contribution in [0.25, 0.3) is 0 Å². The molecule has 3 amide bonds. The van der Waals surface area contributed by atoms with Crippen LogP contribution in [-0.2, 0) is 27.3 Å². The van der Waals surface area contributed by atoms with Crippen LogP contribution in [0.5, 0.6) is 0 Å². The number of imidazole rings is 1. The molecule has 3 atom stereocenters. The molecule has 0 unspecified atom stereocenters. The van der Waals surface area contributed by atoms with Crippen molar-refractivity contribution in [2.45, 2.75) is 70.2 Å². The average Bonchev–Trinajstić information content (AvgIpc) is 3.27. The molecule has 28 heavy (non-hydrogen) atoms. The van der Waals surface area contributed by atoms with Gasteiger partial charge in [0.05, 0.1) is 6.54 Å². The molecule has 8 nitrogen and oxygen atoms in total. The summed E-state index contributed by atoms with van der Waals surface area (Å²) in [4.78, 5) is 41.7. The molecule has 0 saturated carbocycles. The predicted molar refractivity (Wildman–Crippen MR) is 100 cm³/mol. The lowest BCUT2D eigenvalue weighted by atomic mass is 10.0. The summed E-state index contributed by atoms with van der Waals surface area (Å²) in [7, 11) is 0. The largest absolute Gasteiger partial charge is 0.353 e. The number of alkyl halides is 1. The second kappa shape index (κ2) is 9.16. The van der Waals surface area contributed by atoms with Crippen LogP contribution in [0.1, 0.15) is 44.9 Å². The fraction of sp³-hybridized carbons (Fsp3) is 0.684. The number of carbonyl (C=O) groups excluding carboxylic acids is 3. The molecule has 2 fully saturated rings. The maximum Gasteiger partial charge on any atom is 0.224 e. The maximum atomic E-state index is 14.2. The van der Waals surface area contributed by atoms with Crippen molar-refractivity contribution in [3.8, 4) is 0 Å². The summed E-state index contributed by atoms with van der Waals surface area (Å²) in [5.41, 5.74) is 0. The Morgan fingerprint density at radius 3 is 2.93 bits per heavy atom. The van der Waals surface area contributed by atoms with Gasteiger partial charge in [0.1, 0.15) is 12.0 Å². The standard InChI is InChI=1S/C19H28FN5O3/c1-2-16-21-6-8-24(16)7-5-18(27)23-15-9-13(20)11-25(12-15)19(28)10-14-3-4-17(26)22-14/h6,8,13-15H,2-5,7,9-12H2,1H3,(H,22,26)(H,23,27)/t13-,14-,15+/m1/s1. The third-order valence-corrected chi connectivity index (χ3v) is 5.32. The fourth-order valence-electron chi connectivity index (χ4n) is 3.90. The summed E-state index contributed by atoms with van der Waals surface area (Å²) >= 11 is 0. The highest BCUT2D eigenvalue weighted by molar-refractivity contribution is 5.82. The summed E-state index contributed by atoms with van der Waals surface area (Å²) in [6, 6.07) is -0.567. The van der Waals surface area contributed by atoms with Crippen molar-refractivity contribution in [2.24, 2.45) is 0 Å². The number of amides is 3. The number of halogens is 1. The molecule has 2 N–H and O–H groups in total. The molecule has 3 rings (SSSR count). The van der Waals surface area contributed by atoms with E-state index in [-0.39, 0.29) is 49.6 Å². The molecule has 2 aliphatic heterocycles. The van der Waals surface area contributed by atoms with Crippen LogP contribution in [0.2, 0.25) is 0 Å². The van der Waals surface area contributed by atoms with E-state index < -0.39 is 12.2 Å². The maximum absolute atomic E-state index is 14.2. The van der Waals surface area contributed by atoms with E-state index in [1.807, 2.05) is 17.7 Å². The minimum Gasteiger partial charge on any atom is -0.353 e. The third-order valence-electron chi connectivity index (χ3n) is 5.32. The van der Waals surface area contributed by atoms with E-state index in [1.54, 1.807) is 6.20 Å². The minimum absolute atomic E-state index is 0.0424. The van der Waals surface area contributed by atoms with Gasteiger partial charge >= 0.3 is 0 Å². The van der Waals surface area contributed by atoms with Crippen LogP contribution in [-0.4, -0.2) is 63.5 Å². The number of aromatic nitrogens is 2. The molecule has 1 aromatic heterocycles. The van der Waals surface area contributed by atoms with Gasteiger partial charge in [-0.1, -0.05) is 6.92 Å². The zero-order chi connectivity index (χ0) is 20.1. The number of nitrogens with one attached hydrogen (secondary N) is 2. The zero-order valence-electron chi connectivity index (χ0n) is 16.2. The Morgan fingerprint density at radius 1 is 1.39 bits per heavy atom. The highest BCUT2D eigenvalue weighted by atomic mass is 19.1. The van der Waals surface area contributed by atoms with Crippen LogP contribution in [0, 0.1) is 0 Å². The molecule has 0 radical (unpaired) electrons. The smallest absolute Gasteiger partial charge is 0.224 e. The number of carbonyl (C=O) groups is 3. The van der Waals surface area contributed by atoms with Gasteiger partial charge in [0.15, 0.2) is 0 Å². The Hall–Kier alpha value is -2.45. The summed E-state index contributed by atoms with van der Waals surface area (Å²) in [6.45, 7) is 2.87. The molecule has 2 saturated heterocycles. The van der Waals surface area contributed by atoms with Crippen molar-refractivity contribution in [2.75, 3.05) is 13.1 Å². The van der Waals surface area contributed by atoms with Gasteiger partial charge in [0.2, 0.25) is 17.7 Å². The van der Waals surface area contributed by atoms with E-state index >= 15 is 0 Å². The van der Waals surface area contributed by atoms with E-state index in [1.165, 1.54) is 4.90 Å². The SMILES string of the molecule is CCc1nccn1CCC(=O)N[C@H]1C[C@@H](F)CN(C(=O)C[C@H]2CCC(=O)N2)C1. The highest BCUT2D eigenvalue weighted by Crippen LogP contribution is 2.18. The molecule has 154 valence electrons. The first-order valence-electron chi connectivity index (χ1n) is 9.95. The minimum atomic E-state index is -1.17. The number of likely N-dealkylation sites (tertiary alicyclic amines) is 1. The quantitative estimate of drug-likeness (QED) is 0.708. The van der Waals surface area contributed by atoms with Crippen molar-refractivity contribution < 1.29 is 18.8 Å². The van der Waals surface area contributed by atoms with Crippen LogP contribution in [0.15, 0.2) is 12.4 Å². The van der Waals surface area contributed by atoms with Gasteiger partial charge in [-0.15, -0.1) is 0 Å². The van der Waals surface area contributed by atoms with Crippen molar-refractivity contribution in [3.63, 3.8) is 0 Å². The van der Waals surface area contributed by atoms with Crippen LogP contribution >= 0.6 is 0 Å². The predicted octanol–water partition coefficient (Wildman–Crippen LogP) is 0.560. The van der Waals surface area contributed by atoms with Crippen molar-refractivity contribution in [3.05, 3.63) is 18.2 Å².